The van der Waals surface area contributed by atoms with Crippen LogP contribution in [0.1, 0.15) is 47.5 Å². The van der Waals surface area contributed by atoms with E-state index in [9.17, 15) is 9.18 Å². The summed E-state index contributed by atoms with van der Waals surface area (Å²) in [5, 5.41) is 8.37. The van der Waals surface area contributed by atoms with Crippen molar-refractivity contribution in [2.75, 3.05) is 17.3 Å². The van der Waals surface area contributed by atoms with Crippen LogP contribution in [-0.2, 0) is 6.54 Å². The average molecular weight is 509 g/mol. The van der Waals surface area contributed by atoms with Gasteiger partial charge in [0.1, 0.15) is 17.2 Å². The summed E-state index contributed by atoms with van der Waals surface area (Å²) in [5.41, 5.74) is 3.70. The Balaban J connectivity index is 1.25. The summed E-state index contributed by atoms with van der Waals surface area (Å²) < 4.78 is 15.3. The molecule has 7 rings (SSSR count). The molecular formula is C30H29FN6O. The lowest BCUT2D eigenvalue weighted by molar-refractivity contribution is 0.0865. The van der Waals surface area contributed by atoms with Gasteiger partial charge >= 0.3 is 0 Å². The molecule has 1 amide bonds. The number of carbonyl (C=O) groups excluding carboxylic acids is 1. The minimum Gasteiger partial charge on any atom is -0.338 e. The summed E-state index contributed by atoms with van der Waals surface area (Å²) in [6, 6.07) is 17.0. The van der Waals surface area contributed by atoms with Crippen LogP contribution in [0.25, 0.3) is 0 Å². The molecule has 38 heavy (non-hydrogen) atoms. The van der Waals surface area contributed by atoms with Crippen molar-refractivity contribution in [2.45, 2.75) is 50.2 Å². The Morgan fingerprint density at radius 1 is 1.08 bits per heavy atom. The molecule has 4 aliphatic rings. The molecule has 8 heteroatoms. The molecule has 0 spiro atoms. The van der Waals surface area contributed by atoms with Gasteiger partial charge in [-0.3, -0.25) is 14.6 Å². The number of nitrogens with one attached hydrogen (secondary N) is 1. The van der Waals surface area contributed by atoms with Crippen LogP contribution >= 0.6 is 0 Å². The summed E-state index contributed by atoms with van der Waals surface area (Å²) in [4.78, 5) is 22.6. The SMILES string of the molecule is CN1C(=O)c2c(Nc3ccccc3)nn(CC3=CCC(c4ccc(F)cc4)C=C3)c2N2C1=NC1CCCC12. The molecule has 0 bridgehead atoms. The van der Waals surface area contributed by atoms with E-state index in [-0.39, 0.29) is 29.7 Å². The maximum absolute atomic E-state index is 13.7. The van der Waals surface area contributed by atoms with Gasteiger partial charge in [0.05, 0.1) is 18.6 Å². The number of allylic oxidation sites excluding steroid dienone is 4. The van der Waals surface area contributed by atoms with Gasteiger partial charge in [-0.2, -0.15) is 5.10 Å². The summed E-state index contributed by atoms with van der Waals surface area (Å²) in [5.74, 6) is 2.02. The zero-order valence-corrected chi connectivity index (χ0v) is 21.2. The molecule has 7 nitrogen and oxygen atoms in total. The van der Waals surface area contributed by atoms with E-state index in [1.807, 2.05) is 54.2 Å². The van der Waals surface area contributed by atoms with Crippen LogP contribution < -0.4 is 10.2 Å². The summed E-state index contributed by atoms with van der Waals surface area (Å²) in [7, 11) is 1.81. The Kier molecular flexibility index (Phi) is 5.42. The summed E-state index contributed by atoms with van der Waals surface area (Å²) in [6.45, 7) is 0.545. The maximum atomic E-state index is 13.7. The molecule has 1 saturated carbocycles. The van der Waals surface area contributed by atoms with Crippen LogP contribution in [0.15, 0.2) is 83.4 Å². The predicted molar refractivity (Wildman–Crippen MR) is 146 cm³/mol. The third-order valence-electron chi connectivity index (χ3n) is 8.09. The molecule has 2 aliphatic carbocycles. The van der Waals surface area contributed by atoms with E-state index in [0.29, 0.717) is 17.9 Å². The Bertz CT molecular complexity index is 1490. The molecule has 3 unspecified atom stereocenters. The monoisotopic (exact) mass is 508 g/mol. The zero-order chi connectivity index (χ0) is 25.8. The molecule has 0 saturated heterocycles. The van der Waals surface area contributed by atoms with E-state index < -0.39 is 0 Å². The van der Waals surface area contributed by atoms with Gasteiger partial charge in [0.15, 0.2) is 5.82 Å². The van der Waals surface area contributed by atoms with Crippen LogP contribution in [0.4, 0.5) is 21.7 Å². The van der Waals surface area contributed by atoms with E-state index in [1.54, 1.807) is 4.90 Å². The number of rotatable bonds is 5. The fraction of sp³-hybridized carbons (Fsp3) is 0.300. The Hall–Kier alpha value is -4.20. The molecule has 0 radical (unpaired) electrons. The van der Waals surface area contributed by atoms with E-state index in [1.165, 1.54) is 12.1 Å². The van der Waals surface area contributed by atoms with Gasteiger partial charge in [0.2, 0.25) is 5.96 Å². The number of aromatic nitrogens is 2. The minimum atomic E-state index is -0.220. The van der Waals surface area contributed by atoms with Gasteiger partial charge in [-0.05, 0) is 61.1 Å². The predicted octanol–water partition coefficient (Wildman–Crippen LogP) is 5.62. The van der Waals surface area contributed by atoms with Crippen molar-refractivity contribution in [3.8, 4) is 0 Å². The first-order valence-corrected chi connectivity index (χ1v) is 13.3. The highest BCUT2D eigenvalue weighted by atomic mass is 19.1. The van der Waals surface area contributed by atoms with Crippen LogP contribution in [0.2, 0.25) is 0 Å². The lowest BCUT2D eigenvalue weighted by Gasteiger charge is -2.35. The minimum absolute atomic E-state index is 0.0933. The number of nitrogens with zero attached hydrogens (tertiary/aromatic N) is 5. The molecular weight excluding hydrogens is 479 g/mol. The summed E-state index contributed by atoms with van der Waals surface area (Å²) >= 11 is 0. The highest BCUT2D eigenvalue weighted by Crippen LogP contribution is 2.43. The number of hydrogen-bond acceptors (Lipinski definition) is 5. The molecule has 2 aromatic carbocycles. The Morgan fingerprint density at radius 3 is 2.66 bits per heavy atom. The van der Waals surface area contributed by atoms with Gasteiger partial charge in [-0.25, -0.2) is 14.1 Å². The second kappa shape index (κ2) is 8.97. The van der Waals surface area contributed by atoms with Crippen molar-refractivity contribution in [2.24, 2.45) is 4.99 Å². The molecule has 1 aromatic heterocycles. The number of carbonyl (C=O) groups is 1. The first kappa shape index (κ1) is 23.0. The number of benzene rings is 2. The molecule has 3 atom stereocenters. The number of para-hydroxylation sites is 1. The Morgan fingerprint density at radius 2 is 1.89 bits per heavy atom. The van der Waals surface area contributed by atoms with Crippen LogP contribution in [-0.4, -0.2) is 45.7 Å². The van der Waals surface area contributed by atoms with Gasteiger partial charge in [0, 0.05) is 18.7 Å². The number of amides is 1. The van der Waals surface area contributed by atoms with Crippen molar-refractivity contribution in [3.63, 3.8) is 0 Å². The standard InChI is InChI=1S/C30H29FN6O/c1-35-29(38)26-27(32-23-6-3-2-4-7-23)34-36(28(26)37-25-9-5-8-24(25)33-30(35)37)18-19-10-12-20(13-11-19)21-14-16-22(31)17-15-21/h2-4,6-7,10-12,14-17,20,24-25H,5,8-9,13,18H2,1H3,(H,32,34). The zero-order valence-electron chi connectivity index (χ0n) is 21.2. The lowest BCUT2D eigenvalue weighted by atomic mass is 9.90. The van der Waals surface area contributed by atoms with E-state index in [2.05, 4.69) is 28.4 Å². The van der Waals surface area contributed by atoms with Crippen LogP contribution in [0, 0.1) is 5.82 Å². The van der Waals surface area contributed by atoms with Crippen molar-refractivity contribution in [1.29, 1.82) is 0 Å². The number of guanidine groups is 1. The third-order valence-corrected chi connectivity index (χ3v) is 8.09. The highest BCUT2D eigenvalue weighted by molar-refractivity contribution is 6.21. The van der Waals surface area contributed by atoms with E-state index in [4.69, 9.17) is 10.1 Å². The van der Waals surface area contributed by atoms with Crippen molar-refractivity contribution in [3.05, 3.63) is 95.3 Å². The second-order valence-electron chi connectivity index (χ2n) is 10.5. The van der Waals surface area contributed by atoms with Crippen LogP contribution in [0.5, 0.6) is 0 Å². The maximum Gasteiger partial charge on any atom is 0.267 e. The first-order valence-electron chi connectivity index (χ1n) is 13.3. The van der Waals surface area contributed by atoms with Crippen LogP contribution in [0.3, 0.4) is 0 Å². The second-order valence-corrected chi connectivity index (χ2v) is 10.5. The first-order chi connectivity index (χ1) is 18.6. The lowest BCUT2D eigenvalue weighted by Crippen LogP contribution is -2.52. The topological polar surface area (TPSA) is 65.8 Å². The van der Waals surface area contributed by atoms with Gasteiger partial charge in [0.25, 0.3) is 5.91 Å². The Labute approximate surface area is 221 Å². The molecule has 1 N–H and O–H groups in total. The molecule has 192 valence electrons. The largest absolute Gasteiger partial charge is 0.338 e. The molecule has 3 heterocycles. The smallest absolute Gasteiger partial charge is 0.267 e. The van der Waals surface area contributed by atoms with Gasteiger partial charge < -0.3 is 5.32 Å². The number of anilines is 3. The fourth-order valence-electron chi connectivity index (χ4n) is 6.15. The normalized spacial score (nSPS) is 23.6. The number of aliphatic imine (C=N–C) groups is 1. The summed E-state index contributed by atoms with van der Waals surface area (Å²) in [6.07, 6.45) is 10.6. The number of fused-ring (bicyclic) bond motifs is 5. The van der Waals surface area contributed by atoms with Crippen molar-refractivity contribution < 1.29 is 9.18 Å². The van der Waals surface area contributed by atoms with Gasteiger partial charge in [-0.15, -0.1) is 0 Å². The quantitative estimate of drug-likeness (QED) is 0.486. The fourth-order valence-corrected chi connectivity index (χ4v) is 6.15. The highest BCUT2D eigenvalue weighted by Gasteiger charge is 2.49. The van der Waals surface area contributed by atoms with E-state index in [0.717, 1.165) is 54.3 Å². The average Bonchev–Trinajstić information content (AvgIpc) is 3.63. The van der Waals surface area contributed by atoms with Crippen molar-refractivity contribution in [1.82, 2.24) is 14.7 Å². The van der Waals surface area contributed by atoms with Crippen molar-refractivity contribution >= 4 is 29.2 Å². The number of hydrogen-bond donors (Lipinski definition) is 1. The third kappa shape index (κ3) is 3.74. The van der Waals surface area contributed by atoms with E-state index >= 15 is 0 Å². The molecule has 2 aliphatic heterocycles. The molecule has 3 aromatic rings. The van der Waals surface area contributed by atoms with Gasteiger partial charge in [-0.1, -0.05) is 48.6 Å². The number of halogens is 1. The molecule has 1 fully saturated rings.